The van der Waals surface area contributed by atoms with Crippen molar-refractivity contribution in [2.24, 2.45) is 0 Å². The highest BCUT2D eigenvalue weighted by Crippen LogP contribution is 2.29. The van der Waals surface area contributed by atoms with Crippen LogP contribution in [-0.4, -0.2) is 16.7 Å². The zero-order valence-electron chi connectivity index (χ0n) is 16.3. The van der Waals surface area contributed by atoms with Gasteiger partial charge in [0, 0.05) is 5.69 Å². The molecule has 4 rings (SSSR count). The third kappa shape index (κ3) is 3.76. The van der Waals surface area contributed by atoms with Crippen LogP contribution >= 0.6 is 0 Å². The maximum Gasteiger partial charge on any atom is 0.316 e. The number of ether oxygens (including phenoxy) is 2. The molecule has 0 atom stereocenters. The van der Waals surface area contributed by atoms with Gasteiger partial charge in [0.05, 0.1) is 33.1 Å². The van der Waals surface area contributed by atoms with Crippen LogP contribution in [-0.2, 0) is 24.5 Å². The summed E-state index contributed by atoms with van der Waals surface area (Å²) in [6.07, 6.45) is 1.38. The SMILES string of the molecule is COc1cn(Cc2cc(F)c(F)c(F)c2)c(Nc2cc3c(cc2C)COC3)nc1=O. The molecule has 0 saturated heterocycles. The van der Waals surface area contributed by atoms with Gasteiger partial charge in [-0.2, -0.15) is 4.98 Å². The molecule has 1 aliphatic heterocycles. The van der Waals surface area contributed by atoms with Crippen LogP contribution in [0.4, 0.5) is 24.8 Å². The third-order valence-corrected chi connectivity index (χ3v) is 4.89. The van der Waals surface area contributed by atoms with E-state index in [9.17, 15) is 18.0 Å². The summed E-state index contributed by atoms with van der Waals surface area (Å²) in [4.78, 5) is 16.2. The van der Waals surface area contributed by atoms with Crippen molar-refractivity contribution in [2.45, 2.75) is 26.7 Å². The molecule has 0 unspecified atom stereocenters. The Labute approximate surface area is 169 Å². The lowest BCUT2D eigenvalue weighted by atomic mass is 10.1. The molecule has 0 saturated carbocycles. The Hall–Kier alpha value is -3.33. The number of anilines is 2. The second-order valence-corrected chi connectivity index (χ2v) is 6.99. The van der Waals surface area contributed by atoms with Crippen molar-refractivity contribution >= 4 is 11.6 Å². The first-order valence-corrected chi connectivity index (χ1v) is 9.11. The van der Waals surface area contributed by atoms with E-state index in [0.717, 1.165) is 28.8 Å². The number of halogens is 3. The molecule has 156 valence electrons. The van der Waals surface area contributed by atoms with Crippen LogP contribution in [0.25, 0.3) is 0 Å². The lowest BCUT2D eigenvalue weighted by Gasteiger charge is -2.17. The van der Waals surface area contributed by atoms with Gasteiger partial charge in [-0.05, 0) is 47.4 Å². The normalized spacial score (nSPS) is 12.7. The zero-order chi connectivity index (χ0) is 21.4. The van der Waals surface area contributed by atoms with E-state index < -0.39 is 23.0 Å². The van der Waals surface area contributed by atoms with E-state index in [2.05, 4.69) is 10.3 Å². The van der Waals surface area contributed by atoms with Crippen LogP contribution in [0.15, 0.2) is 35.3 Å². The molecule has 0 spiro atoms. The molecule has 2 heterocycles. The maximum absolute atomic E-state index is 13.6. The molecule has 6 nitrogen and oxygen atoms in total. The van der Waals surface area contributed by atoms with E-state index >= 15 is 0 Å². The summed E-state index contributed by atoms with van der Waals surface area (Å²) in [7, 11) is 1.32. The van der Waals surface area contributed by atoms with Crippen molar-refractivity contribution < 1.29 is 22.6 Å². The summed E-state index contributed by atoms with van der Waals surface area (Å²) in [6.45, 7) is 2.86. The van der Waals surface area contributed by atoms with E-state index in [1.54, 1.807) is 0 Å². The highest BCUT2D eigenvalue weighted by molar-refractivity contribution is 5.61. The second kappa shape index (κ2) is 7.83. The van der Waals surface area contributed by atoms with Crippen molar-refractivity contribution in [3.8, 4) is 5.75 Å². The number of nitrogens with one attached hydrogen (secondary N) is 1. The molecule has 1 aromatic heterocycles. The van der Waals surface area contributed by atoms with E-state index in [1.807, 2.05) is 19.1 Å². The summed E-state index contributed by atoms with van der Waals surface area (Å²) in [5, 5.41) is 3.10. The molecule has 0 amide bonds. The van der Waals surface area contributed by atoms with Gasteiger partial charge >= 0.3 is 5.56 Å². The molecule has 0 aliphatic carbocycles. The third-order valence-electron chi connectivity index (χ3n) is 4.89. The minimum atomic E-state index is -1.54. The van der Waals surface area contributed by atoms with Crippen LogP contribution in [0.3, 0.4) is 0 Å². The Balaban J connectivity index is 1.75. The minimum Gasteiger partial charge on any atom is -0.490 e. The highest BCUT2D eigenvalue weighted by Gasteiger charge is 2.17. The molecule has 0 fully saturated rings. The molecule has 30 heavy (non-hydrogen) atoms. The summed E-state index contributed by atoms with van der Waals surface area (Å²) in [5.74, 6) is -4.02. The average Bonchev–Trinajstić information content (AvgIpc) is 3.15. The number of benzene rings is 2. The predicted molar refractivity (Wildman–Crippen MR) is 103 cm³/mol. The molecule has 1 aliphatic rings. The molecule has 2 aromatic carbocycles. The Morgan fingerprint density at radius 3 is 2.47 bits per heavy atom. The van der Waals surface area contributed by atoms with Gasteiger partial charge in [0.1, 0.15) is 0 Å². The van der Waals surface area contributed by atoms with Crippen LogP contribution in [0.2, 0.25) is 0 Å². The van der Waals surface area contributed by atoms with Crippen LogP contribution in [0, 0.1) is 24.4 Å². The van der Waals surface area contributed by atoms with E-state index in [4.69, 9.17) is 9.47 Å². The lowest BCUT2D eigenvalue weighted by Crippen LogP contribution is -2.19. The van der Waals surface area contributed by atoms with Gasteiger partial charge in [0.25, 0.3) is 0 Å². The standard InChI is InChI=1S/C21H18F3N3O3/c1-11-3-13-9-30-10-14(13)6-17(11)25-21-26-20(28)18(29-2)8-27(21)7-12-4-15(22)19(24)16(23)5-12/h3-6,8H,7,9-10H2,1-2H3,(H,25,26,28). The van der Waals surface area contributed by atoms with E-state index in [0.29, 0.717) is 18.9 Å². The molecule has 0 bridgehead atoms. The average molecular weight is 417 g/mol. The van der Waals surface area contributed by atoms with Gasteiger partial charge in [-0.1, -0.05) is 6.07 Å². The monoisotopic (exact) mass is 417 g/mol. The largest absolute Gasteiger partial charge is 0.490 e. The van der Waals surface area contributed by atoms with Crippen LogP contribution < -0.4 is 15.6 Å². The lowest BCUT2D eigenvalue weighted by molar-refractivity contribution is 0.134. The number of fused-ring (bicyclic) bond motifs is 1. The first-order valence-electron chi connectivity index (χ1n) is 9.11. The van der Waals surface area contributed by atoms with Gasteiger partial charge < -0.3 is 19.4 Å². The topological polar surface area (TPSA) is 65.4 Å². The van der Waals surface area contributed by atoms with E-state index in [1.165, 1.54) is 17.9 Å². The maximum atomic E-state index is 13.6. The molecule has 9 heteroatoms. The fourth-order valence-electron chi connectivity index (χ4n) is 3.34. The molecule has 3 aromatic rings. The molecule has 1 N–H and O–H groups in total. The van der Waals surface area contributed by atoms with Gasteiger partial charge in [-0.15, -0.1) is 0 Å². The van der Waals surface area contributed by atoms with Crippen LogP contribution in [0.1, 0.15) is 22.3 Å². The van der Waals surface area contributed by atoms with Gasteiger partial charge in [0.15, 0.2) is 17.5 Å². The first kappa shape index (κ1) is 20.0. The Bertz CT molecular complexity index is 1170. The highest BCUT2D eigenvalue weighted by atomic mass is 19.2. The Morgan fingerprint density at radius 2 is 1.80 bits per heavy atom. The molecule has 0 radical (unpaired) electrons. The Morgan fingerprint density at radius 1 is 1.13 bits per heavy atom. The summed E-state index contributed by atoms with van der Waals surface area (Å²) in [6, 6.07) is 5.69. The number of hydrogen-bond acceptors (Lipinski definition) is 5. The van der Waals surface area contributed by atoms with Crippen molar-refractivity contribution in [1.82, 2.24) is 9.55 Å². The van der Waals surface area contributed by atoms with Crippen molar-refractivity contribution in [2.75, 3.05) is 12.4 Å². The quantitative estimate of drug-likeness (QED) is 0.640. The first-order chi connectivity index (χ1) is 14.4. The van der Waals surface area contributed by atoms with Gasteiger partial charge in [0.2, 0.25) is 11.7 Å². The Kier molecular flexibility index (Phi) is 5.21. The predicted octanol–water partition coefficient (Wildman–Crippen LogP) is 3.80. The number of methoxy groups -OCH3 is 1. The van der Waals surface area contributed by atoms with Crippen LogP contribution in [0.5, 0.6) is 5.75 Å². The molecular formula is C21H18F3N3O3. The number of aromatic nitrogens is 2. The zero-order valence-corrected chi connectivity index (χ0v) is 16.3. The van der Waals surface area contributed by atoms with Gasteiger partial charge in [-0.25, -0.2) is 13.2 Å². The smallest absolute Gasteiger partial charge is 0.316 e. The number of nitrogens with zero attached hydrogens (tertiary/aromatic N) is 2. The fourth-order valence-corrected chi connectivity index (χ4v) is 3.34. The van der Waals surface area contributed by atoms with Crippen molar-refractivity contribution in [3.05, 3.63) is 80.5 Å². The minimum absolute atomic E-state index is 0.0392. The summed E-state index contributed by atoms with van der Waals surface area (Å²) >= 11 is 0. The number of hydrogen-bond donors (Lipinski definition) is 1. The van der Waals surface area contributed by atoms with Gasteiger partial charge in [-0.3, -0.25) is 4.79 Å². The molecular weight excluding hydrogens is 399 g/mol. The number of aryl methyl sites for hydroxylation is 1. The fraction of sp³-hybridized carbons (Fsp3) is 0.238. The van der Waals surface area contributed by atoms with E-state index in [-0.39, 0.29) is 23.8 Å². The second-order valence-electron chi connectivity index (χ2n) is 6.99. The number of rotatable bonds is 5. The summed E-state index contributed by atoms with van der Waals surface area (Å²) in [5.41, 5.74) is 3.29. The van der Waals surface area contributed by atoms with Crippen molar-refractivity contribution in [1.29, 1.82) is 0 Å². The van der Waals surface area contributed by atoms with Crippen molar-refractivity contribution in [3.63, 3.8) is 0 Å². The summed E-state index contributed by atoms with van der Waals surface area (Å²) < 4.78 is 52.5.